The van der Waals surface area contributed by atoms with Crippen LogP contribution in [0.1, 0.15) is 76.0 Å². The van der Waals surface area contributed by atoms with Crippen LogP contribution in [-0.4, -0.2) is 37.5 Å². The highest BCUT2D eigenvalue weighted by atomic mass is 16.3. The van der Waals surface area contributed by atoms with E-state index >= 15 is 0 Å². The summed E-state index contributed by atoms with van der Waals surface area (Å²) in [5.41, 5.74) is -0.148. The van der Waals surface area contributed by atoms with E-state index in [0.717, 1.165) is 43.0 Å². The monoisotopic (exact) mass is 399 g/mol. The lowest BCUT2D eigenvalue weighted by Gasteiger charge is -2.51. The first-order chi connectivity index (χ1) is 13.9. The molecule has 3 atom stereocenters. The summed E-state index contributed by atoms with van der Waals surface area (Å²) in [5, 5.41) is 16.0. The lowest BCUT2D eigenvalue weighted by atomic mass is 9.75. The Kier molecular flexibility index (Phi) is 5.67. The molecule has 6 heteroatoms. The average molecular weight is 400 g/mol. The number of hydrogen-bond acceptors (Lipinski definition) is 5. The fourth-order valence-electron chi connectivity index (χ4n) is 5.05. The highest BCUT2D eigenvalue weighted by Crippen LogP contribution is 2.40. The van der Waals surface area contributed by atoms with Crippen molar-refractivity contribution in [3.63, 3.8) is 0 Å². The van der Waals surface area contributed by atoms with Gasteiger partial charge < -0.3 is 9.52 Å². The van der Waals surface area contributed by atoms with Gasteiger partial charge in [0.05, 0.1) is 24.4 Å². The normalized spacial score (nSPS) is 27.5. The summed E-state index contributed by atoms with van der Waals surface area (Å²) in [7, 11) is 0. The van der Waals surface area contributed by atoms with Crippen molar-refractivity contribution in [1.29, 1.82) is 0 Å². The minimum Gasteiger partial charge on any atom is -0.465 e. The number of nitrogens with zero attached hydrogens (tertiary/aromatic N) is 3. The first kappa shape index (κ1) is 20.4. The summed E-state index contributed by atoms with van der Waals surface area (Å²) >= 11 is 0. The van der Waals surface area contributed by atoms with Crippen LogP contribution in [0.2, 0.25) is 0 Å². The second-order valence-corrected chi connectivity index (χ2v) is 9.17. The van der Waals surface area contributed by atoms with Crippen molar-refractivity contribution < 1.29 is 9.52 Å². The van der Waals surface area contributed by atoms with Crippen LogP contribution in [0.4, 0.5) is 0 Å². The molecule has 2 saturated heterocycles. The molecule has 2 bridgehead atoms. The first-order valence-corrected chi connectivity index (χ1v) is 11.0. The maximum absolute atomic E-state index is 12.4. The molecule has 2 aliphatic rings. The number of aliphatic hydroxyl groups is 1. The van der Waals surface area contributed by atoms with Gasteiger partial charge in [0.1, 0.15) is 11.5 Å². The Morgan fingerprint density at radius 1 is 1.17 bits per heavy atom. The van der Waals surface area contributed by atoms with E-state index in [1.165, 1.54) is 11.1 Å². The van der Waals surface area contributed by atoms with E-state index in [4.69, 9.17) is 4.42 Å². The fourth-order valence-corrected chi connectivity index (χ4v) is 5.05. The molecular weight excluding hydrogens is 366 g/mol. The third kappa shape index (κ3) is 4.33. The molecule has 2 fully saturated rings. The molecule has 2 aromatic heterocycles. The molecule has 6 nitrogen and oxygen atoms in total. The summed E-state index contributed by atoms with van der Waals surface area (Å²) < 4.78 is 7.41. The first-order valence-electron chi connectivity index (χ1n) is 11.0. The smallest absolute Gasteiger partial charge is 0.266 e. The zero-order valence-electron chi connectivity index (χ0n) is 17.8. The largest absolute Gasteiger partial charge is 0.465 e. The molecule has 29 heavy (non-hydrogen) atoms. The van der Waals surface area contributed by atoms with Crippen LogP contribution in [0.25, 0.3) is 0 Å². The zero-order chi connectivity index (χ0) is 20.6. The highest BCUT2D eigenvalue weighted by Gasteiger charge is 2.46. The Bertz CT molecular complexity index is 887. The van der Waals surface area contributed by atoms with Gasteiger partial charge in [-0.2, -0.15) is 5.10 Å². The van der Waals surface area contributed by atoms with E-state index in [-0.39, 0.29) is 18.0 Å². The van der Waals surface area contributed by atoms with Crippen LogP contribution < -0.4 is 5.56 Å². The average Bonchev–Trinajstić information content (AvgIpc) is 3.12. The summed E-state index contributed by atoms with van der Waals surface area (Å²) in [5.74, 6) is 2.28. The van der Waals surface area contributed by atoms with Gasteiger partial charge in [0.15, 0.2) is 0 Å². The van der Waals surface area contributed by atoms with Crippen LogP contribution in [0.15, 0.2) is 33.5 Å². The molecule has 4 heterocycles. The molecular formula is C23H33N3O3. The molecule has 0 aromatic carbocycles. The van der Waals surface area contributed by atoms with Crippen molar-refractivity contribution in [2.75, 3.05) is 0 Å². The minimum atomic E-state index is -0.892. The van der Waals surface area contributed by atoms with Crippen molar-refractivity contribution in [2.45, 2.75) is 96.0 Å². The van der Waals surface area contributed by atoms with E-state index in [1.54, 1.807) is 12.1 Å². The molecule has 4 rings (SSSR count). The molecule has 0 amide bonds. The predicted molar refractivity (Wildman–Crippen MR) is 112 cm³/mol. The molecule has 158 valence electrons. The van der Waals surface area contributed by atoms with Crippen molar-refractivity contribution in [1.82, 2.24) is 14.7 Å². The van der Waals surface area contributed by atoms with Crippen LogP contribution in [0.5, 0.6) is 0 Å². The van der Waals surface area contributed by atoms with Gasteiger partial charge in [-0.05, 0) is 49.8 Å². The lowest BCUT2D eigenvalue weighted by molar-refractivity contribution is -0.106. The van der Waals surface area contributed by atoms with Gasteiger partial charge in [-0.3, -0.25) is 9.69 Å². The Hall–Kier alpha value is -1.92. The summed E-state index contributed by atoms with van der Waals surface area (Å²) in [6.45, 7) is 7.30. The van der Waals surface area contributed by atoms with Gasteiger partial charge in [0.2, 0.25) is 0 Å². The zero-order valence-corrected chi connectivity index (χ0v) is 17.8. The fraction of sp³-hybridized carbons (Fsp3) is 0.652. The Morgan fingerprint density at radius 2 is 1.86 bits per heavy atom. The number of hydrogen-bond donors (Lipinski definition) is 1. The molecule has 2 aliphatic heterocycles. The molecule has 1 N–H and O–H groups in total. The van der Waals surface area contributed by atoms with Gasteiger partial charge in [0, 0.05) is 24.6 Å². The summed E-state index contributed by atoms with van der Waals surface area (Å²) in [6.07, 6.45) is 5.60. The Labute approximate surface area is 172 Å². The topological polar surface area (TPSA) is 71.5 Å². The Balaban J connectivity index is 1.51. The lowest BCUT2D eigenvalue weighted by Crippen LogP contribution is -2.59. The SMILES string of the molecule is CCc1ccc(CN2[C@@H]3CCC[C@H]2CC(O)(Cn2nc(C(C)C)ccc2=O)C3)o1. The van der Waals surface area contributed by atoms with Crippen molar-refractivity contribution >= 4 is 0 Å². The summed E-state index contributed by atoms with van der Waals surface area (Å²) in [6, 6.07) is 8.13. The quantitative estimate of drug-likeness (QED) is 0.805. The summed E-state index contributed by atoms with van der Waals surface area (Å²) in [4.78, 5) is 14.9. The minimum absolute atomic E-state index is 0.141. The number of aryl methyl sites for hydroxylation is 1. The van der Waals surface area contributed by atoms with Gasteiger partial charge >= 0.3 is 0 Å². The second-order valence-electron chi connectivity index (χ2n) is 9.17. The van der Waals surface area contributed by atoms with E-state index in [0.29, 0.717) is 24.9 Å². The van der Waals surface area contributed by atoms with Crippen LogP contribution in [0.3, 0.4) is 0 Å². The number of furan rings is 1. The third-order valence-corrected chi connectivity index (χ3v) is 6.57. The number of aromatic nitrogens is 2. The molecule has 0 radical (unpaired) electrons. The predicted octanol–water partition coefficient (Wildman–Crippen LogP) is 3.47. The molecule has 0 saturated carbocycles. The second kappa shape index (κ2) is 8.07. The van der Waals surface area contributed by atoms with Crippen molar-refractivity contribution in [2.24, 2.45) is 0 Å². The molecule has 0 aliphatic carbocycles. The standard InChI is InChI=1S/C23H33N3O3/c1-4-19-8-9-20(29-19)14-25-17-6-5-7-18(25)13-23(28,12-17)15-26-22(27)11-10-21(24-26)16(2)3/h8-11,16-18,28H,4-7,12-15H2,1-3H3/t17-,18+,23?. The number of piperidine rings is 2. The van der Waals surface area contributed by atoms with E-state index in [2.05, 4.69) is 42.9 Å². The van der Waals surface area contributed by atoms with E-state index in [1.807, 2.05) is 0 Å². The van der Waals surface area contributed by atoms with Crippen LogP contribution in [-0.2, 0) is 19.5 Å². The van der Waals surface area contributed by atoms with Gasteiger partial charge in [0.25, 0.3) is 5.56 Å². The van der Waals surface area contributed by atoms with Gasteiger partial charge in [-0.25, -0.2) is 4.68 Å². The van der Waals surface area contributed by atoms with E-state index < -0.39 is 5.60 Å². The molecule has 1 unspecified atom stereocenters. The highest BCUT2D eigenvalue weighted by molar-refractivity contribution is 5.10. The maximum atomic E-state index is 12.4. The van der Waals surface area contributed by atoms with Crippen LogP contribution in [0, 0.1) is 0 Å². The molecule has 2 aromatic rings. The maximum Gasteiger partial charge on any atom is 0.266 e. The number of fused-ring (bicyclic) bond motifs is 2. The van der Waals surface area contributed by atoms with Gasteiger partial charge in [-0.15, -0.1) is 0 Å². The Morgan fingerprint density at radius 3 is 2.48 bits per heavy atom. The third-order valence-electron chi connectivity index (χ3n) is 6.57. The molecule has 0 spiro atoms. The van der Waals surface area contributed by atoms with Gasteiger partial charge in [-0.1, -0.05) is 27.2 Å². The number of rotatable bonds is 6. The van der Waals surface area contributed by atoms with Crippen LogP contribution >= 0.6 is 0 Å². The van der Waals surface area contributed by atoms with Crippen molar-refractivity contribution in [3.8, 4) is 0 Å². The van der Waals surface area contributed by atoms with Crippen molar-refractivity contribution in [3.05, 3.63) is 51.8 Å². The van der Waals surface area contributed by atoms with E-state index in [9.17, 15) is 9.90 Å².